The van der Waals surface area contributed by atoms with Gasteiger partial charge in [0.25, 0.3) is 0 Å². The van der Waals surface area contributed by atoms with Crippen LogP contribution in [0.1, 0.15) is 19.3 Å². The Labute approximate surface area is 155 Å². The molecule has 0 amide bonds. The molecule has 0 unspecified atom stereocenters. The summed E-state index contributed by atoms with van der Waals surface area (Å²) in [6, 6.07) is 7.99. The third-order valence-electron chi connectivity index (χ3n) is 4.80. The lowest BCUT2D eigenvalue weighted by atomic mass is 10.2. The van der Waals surface area contributed by atoms with Crippen molar-refractivity contribution in [3.63, 3.8) is 0 Å². The highest BCUT2D eigenvalue weighted by molar-refractivity contribution is 5.68. The van der Waals surface area contributed by atoms with Gasteiger partial charge in [-0.15, -0.1) is 0 Å². The Morgan fingerprint density at radius 2 is 1.88 bits per heavy atom. The highest BCUT2D eigenvalue weighted by atomic mass is 19.1. The lowest BCUT2D eigenvalue weighted by Gasteiger charge is -2.34. The molecule has 0 radical (unpaired) electrons. The van der Waals surface area contributed by atoms with Gasteiger partial charge in [0.15, 0.2) is 0 Å². The quantitative estimate of drug-likeness (QED) is 0.793. The van der Waals surface area contributed by atoms with Gasteiger partial charge in [0, 0.05) is 26.1 Å². The number of rotatable bonds is 5. The number of hydrogen-bond acceptors (Lipinski definition) is 4. The van der Waals surface area contributed by atoms with Gasteiger partial charge in [0.2, 0.25) is 0 Å². The molecule has 0 saturated carbocycles. The maximum Gasteiger partial charge on any atom is 0.104 e. The zero-order chi connectivity index (χ0) is 18.2. The van der Waals surface area contributed by atoms with Crippen LogP contribution in [-0.4, -0.2) is 44.3 Å². The maximum atomic E-state index is 13.5. The first-order valence-corrected chi connectivity index (χ1v) is 9.46. The Morgan fingerprint density at radius 3 is 2.65 bits per heavy atom. The van der Waals surface area contributed by atoms with Gasteiger partial charge in [0.05, 0.1) is 18.0 Å². The zero-order valence-electron chi connectivity index (χ0n) is 15.3. The topological polar surface area (TPSA) is 44.5 Å². The Kier molecular flexibility index (Phi) is 6.86. The van der Waals surface area contributed by atoms with Crippen LogP contribution in [0.15, 0.2) is 60.0 Å². The molecule has 2 aliphatic rings. The molecule has 1 aliphatic heterocycles. The minimum Gasteiger partial charge on any atom is -0.397 e. The van der Waals surface area contributed by atoms with Gasteiger partial charge in [-0.1, -0.05) is 30.4 Å². The lowest BCUT2D eigenvalue weighted by molar-refractivity contribution is 0.253. The summed E-state index contributed by atoms with van der Waals surface area (Å²) in [5.74, 6) is -0.0988. The number of nitrogen functional groups attached to an aromatic ring is 1. The molecule has 3 N–H and O–H groups in total. The van der Waals surface area contributed by atoms with Crippen molar-refractivity contribution in [3.8, 4) is 0 Å². The lowest BCUT2D eigenvalue weighted by Crippen LogP contribution is -2.42. The molecule has 0 atom stereocenters. The molecule has 1 aromatic carbocycles. The van der Waals surface area contributed by atoms with E-state index in [9.17, 15) is 4.39 Å². The summed E-state index contributed by atoms with van der Waals surface area (Å²) >= 11 is 0. The number of para-hydroxylation sites is 2. The summed E-state index contributed by atoms with van der Waals surface area (Å²) in [7, 11) is 0. The van der Waals surface area contributed by atoms with Crippen LogP contribution >= 0.6 is 0 Å². The van der Waals surface area contributed by atoms with E-state index >= 15 is 0 Å². The zero-order valence-corrected chi connectivity index (χ0v) is 15.3. The SMILES string of the molecule is Nc1ccccc1N(CC1=CC=C(F)CC=C1)CN1CCCNCCC1. The van der Waals surface area contributed by atoms with E-state index in [1.54, 1.807) is 6.08 Å². The van der Waals surface area contributed by atoms with E-state index in [-0.39, 0.29) is 5.83 Å². The van der Waals surface area contributed by atoms with E-state index in [1.807, 2.05) is 36.4 Å². The third kappa shape index (κ3) is 5.44. The number of anilines is 2. The van der Waals surface area contributed by atoms with Crippen molar-refractivity contribution in [2.45, 2.75) is 19.3 Å². The smallest absolute Gasteiger partial charge is 0.104 e. The molecule has 0 spiro atoms. The molecule has 3 rings (SSSR count). The van der Waals surface area contributed by atoms with Crippen LogP contribution in [0.25, 0.3) is 0 Å². The highest BCUT2D eigenvalue weighted by Crippen LogP contribution is 2.25. The van der Waals surface area contributed by atoms with E-state index in [4.69, 9.17) is 5.73 Å². The normalized spacial score (nSPS) is 19.1. The minimum absolute atomic E-state index is 0.0988. The summed E-state index contributed by atoms with van der Waals surface area (Å²) in [6.07, 6.45) is 10.0. The number of halogens is 1. The monoisotopic (exact) mass is 356 g/mol. The number of nitrogens with two attached hydrogens (primary N) is 1. The summed E-state index contributed by atoms with van der Waals surface area (Å²) in [4.78, 5) is 4.79. The molecule has 1 aromatic rings. The summed E-state index contributed by atoms with van der Waals surface area (Å²) < 4.78 is 13.5. The van der Waals surface area contributed by atoms with E-state index < -0.39 is 0 Å². The van der Waals surface area contributed by atoms with Gasteiger partial charge >= 0.3 is 0 Å². The van der Waals surface area contributed by atoms with Crippen molar-refractivity contribution in [2.24, 2.45) is 0 Å². The van der Waals surface area contributed by atoms with E-state index in [2.05, 4.69) is 21.2 Å². The average Bonchev–Trinajstić information content (AvgIpc) is 2.81. The van der Waals surface area contributed by atoms with Crippen molar-refractivity contribution in [3.05, 3.63) is 60.0 Å². The second-order valence-electron chi connectivity index (χ2n) is 6.93. The fourth-order valence-electron chi connectivity index (χ4n) is 3.43. The molecule has 0 bridgehead atoms. The van der Waals surface area contributed by atoms with Crippen molar-refractivity contribution in [1.82, 2.24) is 10.2 Å². The van der Waals surface area contributed by atoms with Crippen LogP contribution in [0.4, 0.5) is 15.8 Å². The number of nitrogens with one attached hydrogen (secondary N) is 1. The largest absolute Gasteiger partial charge is 0.397 e. The Balaban J connectivity index is 1.78. The van der Waals surface area contributed by atoms with Gasteiger partial charge in [-0.3, -0.25) is 4.90 Å². The molecular formula is C21H29FN4. The van der Waals surface area contributed by atoms with Crippen LogP contribution < -0.4 is 16.0 Å². The fourth-order valence-corrected chi connectivity index (χ4v) is 3.43. The molecular weight excluding hydrogens is 327 g/mol. The minimum atomic E-state index is -0.0988. The third-order valence-corrected chi connectivity index (χ3v) is 4.80. The molecule has 5 heteroatoms. The molecule has 1 saturated heterocycles. The molecule has 1 fully saturated rings. The molecule has 26 heavy (non-hydrogen) atoms. The van der Waals surface area contributed by atoms with Gasteiger partial charge in [-0.2, -0.15) is 0 Å². The van der Waals surface area contributed by atoms with E-state index in [0.717, 1.165) is 62.6 Å². The molecule has 0 aromatic heterocycles. The highest BCUT2D eigenvalue weighted by Gasteiger charge is 2.16. The maximum absolute atomic E-state index is 13.5. The predicted octanol–water partition coefficient (Wildman–Crippen LogP) is 3.46. The molecule has 1 aliphatic carbocycles. The Bertz CT molecular complexity index is 672. The second kappa shape index (κ2) is 9.55. The summed E-state index contributed by atoms with van der Waals surface area (Å²) in [5, 5.41) is 3.46. The van der Waals surface area contributed by atoms with E-state index in [1.165, 1.54) is 0 Å². The van der Waals surface area contributed by atoms with Crippen LogP contribution in [-0.2, 0) is 0 Å². The van der Waals surface area contributed by atoms with Crippen LogP contribution in [0.5, 0.6) is 0 Å². The number of nitrogens with zero attached hydrogens (tertiary/aromatic N) is 2. The first-order chi connectivity index (χ1) is 12.7. The van der Waals surface area contributed by atoms with Crippen molar-refractivity contribution >= 4 is 11.4 Å². The second-order valence-corrected chi connectivity index (χ2v) is 6.93. The van der Waals surface area contributed by atoms with Gasteiger partial charge in [-0.05, 0) is 49.7 Å². The summed E-state index contributed by atoms with van der Waals surface area (Å²) in [5.41, 5.74) is 9.17. The number of hydrogen-bond donors (Lipinski definition) is 2. The van der Waals surface area contributed by atoms with Gasteiger partial charge in [-0.25, -0.2) is 4.39 Å². The Morgan fingerprint density at radius 1 is 1.12 bits per heavy atom. The first-order valence-electron chi connectivity index (χ1n) is 9.46. The first kappa shape index (κ1) is 18.7. The predicted molar refractivity (Wildman–Crippen MR) is 108 cm³/mol. The molecule has 140 valence electrons. The van der Waals surface area contributed by atoms with Crippen molar-refractivity contribution < 1.29 is 4.39 Å². The number of benzene rings is 1. The number of allylic oxidation sites excluding steroid dienone is 4. The van der Waals surface area contributed by atoms with Gasteiger partial charge < -0.3 is 16.0 Å². The van der Waals surface area contributed by atoms with Gasteiger partial charge in [0.1, 0.15) is 5.83 Å². The van der Waals surface area contributed by atoms with E-state index in [0.29, 0.717) is 13.0 Å². The summed E-state index contributed by atoms with van der Waals surface area (Å²) in [6.45, 7) is 5.82. The average molecular weight is 356 g/mol. The van der Waals surface area contributed by atoms with Crippen LogP contribution in [0.3, 0.4) is 0 Å². The van der Waals surface area contributed by atoms with Crippen LogP contribution in [0, 0.1) is 0 Å². The fraction of sp³-hybridized carbons (Fsp3) is 0.429. The van der Waals surface area contributed by atoms with Crippen molar-refractivity contribution in [2.75, 3.05) is 50.0 Å². The standard InChI is InChI=1S/C21H29FN4/c22-19-7-3-6-18(10-11-19)16-26(21-9-2-1-8-20(21)23)17-25-14-4-12-24-13-5-15-25/h1-3,6,8-11,24H,4-5,7,12-17,23H2. The van der Waals surface area contributed by atoms with Crippen LogP contribution in [0.2, 0.25) is 0 Å². The molecule has 1 heterocycles. The molecule has 4 nitrogen and oxygen atoms in total. The Hall–Kier alpha value is -2.11. The van der Waals surface area contributed by atoms with Crippen molar-refractivity contribution in [1.29, 1.82) is 0 Å².